The van der Waals surface area contributed by atoms with Gasteiger partial charge in [-0.1, -0.05) is 6.92 Å². The minimum Gasteiger partial charge on any atom is -0.492 e. The van der Waals surface area contributed by atoms with Gasteiger partial charge in [-0.3, -0.25) is 0 Å². The third-order valence-electron chi connectivity index (χ3n) is 2.62. The molecule has 108 valence electrons. The minimum atomic E-state index is -3.37. The zero-order valence-electron chi connectivity index (χ0n) is 11.2. The average molecular weight is 359 g/mol. The van der Waals surface area contributed by atoms with Crippen molar-refractivity contribution in [3.05, 3.63) is 35.1 Å². The van der Waals surface area contributed by atoms with Crippen molar-refractivity contribution in [2.45, 2.75) is 13.3 Å². The van der Waals surface area contributed by atoms with Crippen LogP contribution in [-0.2, 0) is 10.0 Å². The highest BCUT2D eigenvalue weighted by molar-refractivity contribution is 9.10. The first-order valence-corrected chi connectivity index (χ1v) is 8.74. The van der Waals surface area contributed by atoms with Crippen LogP contribution in [0.4, 0.5) is 0 Å². The summed E-state index contributed by atoms with van der Waals surface area (Å²) in [6.45, 7) is 2.67. The van der Waals surface area contributed by atoms with Gasteiger partial charge in [0.1, 0.15) is 5.75 Å². The molecule has 2 aromatic rings. The third kappa shape index (κ3) is 3.21. The molecule has 0 unspecified atom stereocenters. The molecule has 0 aliphatic rings. The standard InChI is InChI=1S/C13H15BrN2O3S/c1-3-8-19-12-5-4-10(9-11(12)14)13-15-6-7-16(13)20(2,17)18/h4-7,9H,3,8H2,1-2H3. The smallest absolute Gasteiger partial charge is 0.237 e. The molecule has 0 bridgehead atoms. The molecule has 0 fully saturated rings. The van der Waals surface area contributed by atoms with Crippen molar-refractivity contribution in [3.8, 4) is 17.1 Å². The highest BCUT2D eigenvalue weighted by atomic mass is 79.9. The van der Waals surface area contributed by atoms with Gasteiger partial charge in [0.15, 0.2) is 5.82 Å². The van der Waals surface area contributed by atoms with E-state index >= 15 is 0 Å². The zero-order valence-corrected chi connectivity index (χ0v) is 13.6. The maximum absolute atomic E-state index is 11.7. The van der Waals surface area contributed by atoms with Crippen molar-refractivity contribution in [1.29, 1.82) is 0 Å². The predicted molar refractivity (Wildman–Crippen MR) is 81.4 cm³/mol. The monoisotopic (exact) mass is 358 g/mol. The van der Waals surface area contributed by atoms with Crippen molar-refractivity contribution in [2.75, 3.05) is 12.9 Å². The molecule has 0 atom stereocenters. The molecular formula is C13H15BrN2O3S. The number of imidazole rings is 1. The lowest BCUT2D eigenvalue weighted by molar-refractivity contribution is 0.315. The van der Waals surface area contributed by atoms with Crippen molar-refractivity contribution in [1.82, 2.24) is 8.96 Å². The van der Waals surface area contributed by atoms with E-state index in [0.29, 0.717) is 18.0 Å². The van der Waals surface area contributed by atoms with E-state index in [-0.39, 0.29) is 0 Å². The normalized spacial score (nSPS) is 11.6. The van der Waals surface area contributed by atoms with Crippen LogP contribution in [0.25, 0.3) is 11.4 Å². The van der Waals surface area contributed by atoms with Crippen molar-refractivity contribution < 1.29 is 13.2 Å². The van der Waals surface area contributed by atoms with Crippen LogP contribution in [0.1, 0.15) is 13.3 Å². The Hall–Kier alpha value is -1.34. The van der Waals surface area contributed by atoms with E-state index in [1.807, 2.05) is 6.92 Å². The second-order valence-corrected chi connectivity index (χ2v) is 7.02. The summed E-state index contributed by atoms with van der Waals surface area (Å²) in [5, 5.41) is 0. The number of hydrogen-bond acceptors (Lipinski definition) is 4. The molecule has 1 aromatic carbocycles. The van der Waals surface area contributed by atoms with Gasteiger partial charge in [0, 0.05) is 18.0 Å². The van der Waals surface area contributed by atoms with E-state index in [9.17, 15) is 8.42 Å². The van der Waals surface area contributed by atoms with Crippen LogP contribution in [0, 0.1) is 0 Å². The number of aromatic nitrogens is 2. The Balaban J connectivity index is 2.40. The van der Waals surface area contributed by atoms with Gasteiger partial charge in [-0.2, -0.15) is 0 Å². The molecule has 20 heavy (non-hydrogen) atoms. The first-order chi connectivity index (χ1) is 9.43. The Morgan fingerprint density at radius 3 is 2.75 bits per heavy atom. The molecule has 0 aliphatic heterocycles. The fraction of sp³-hybridized carbons (Fsp3) is 0.308. The molecule has 0 amide bonds. The number of hydrogen-bond donors (Lipinski definition) is 0. The van der Waals surface area contributed by atoms with Crippen LogP contribution >= 0.6 is 15.9 Å². The number of benzene rings is 1. The Kier molecular flexibility index (Phi) is 4.49. The van der Waals surface area contributed by atoms with Gasteiger partial charge in [0.2, 0.25) is 10.0 Å². The Bertz CT molecular complexity index is 710. The van der Waals surface area contributed by atoms with Gasteiger partial charge >= 0.3 is 0 Å². The zero-order chi connectivity index (χ0) is 14.8. The Labute approximate surface area is 126 Å². The summed E-state index contributed by atoms with van der Waals surface area (Å²) in [7, 11) is -3.37. The largest absolute Gasteiger partial charge is 0.492 e. The maximum Gasteiger partial charge on any atom is 0.237 e. The summed E-state index contributed by atoms with van der Waals surface area (Å²) < 4.78 is 30.8. The van der Waals surface area contributed by atoms with Gasteiger partial charge in [0.05, 0.1) is 17.3 Å². The summed E-state index contributed by atoms with van der Waals surface area (Å²) >= 11 is 3.43. The van der Waals surface area contributed by atoms with Crippen LogP contribution in [-0.4, -0.2) is 30.2 Å². The fourth-order valence-electron chi connectivity index (χ4n) is 1.73. The quantitative estimate of drug-likeness (QED) is 0.824. The van der Waals surface area contributed by atoms with Gasteiger partial charge in [-0.15, -0.1) is 0 Å². The number of halogens is 1. The highest BCUT2D eigenvalue weighted by Gasteiger charge is 2.14. The molecule has 0 saturated heterocycles. The molecule has 1 aromatic heterocycles. The summed E-state index contributed by atoms with van der Waals surface area (Å²) in [6.07, 6.45) is 4.96. The van der Waals surface area contributed by atoms with Gasteiger partial charge < -0.3 is 4.74 Å². The van der Waals surface area contributed by atoms with E-state index in [2.05, 4.69) is 20.9 Å². The molecule has 1 heterocycles. The summed E-state index contributed by atoms with van der Waals surface area (Å²) in [5.41, 5.74) is 0.705. The van der Waals surface area contributed by atoms with Gasteiger partial charge in [-0.05, 0) is 40.5 Å². The lowest BCUT2D eigenvalue weighted by Gasteiger charge is -2.09. The van der Waals surface area contributed by atoms with Crippen molar-refractivity contribution in [3.63, 3.8) is 0 Å². The SMILES string of the molecule is CCCOc1ccc(-c2nccn2S(C)(=O)=O)cc1Br. The molecule has 5 nitrogen and oxygen atoms in total. The van der Waals surface area contributed by atoms with E-state index < -0.39 is 10.0 Å². The molecule has 0 aliphatic carbocycles. The predicted octanol–water partition coefficient (Wildman–Crippen LogP) is 2.91. The molecule has 7 heteroatoms. The molecule has 0 saturated carbocycles. The van der Waals surface area contributed by atoms with Crippen LogP contribution < -0.4 is 4.74 Å². The summed E-state index contributed by atoms with van der Waals surface area (Å²) in [4.78, 5) is 4.11. The fourth-order valence-corrected chi connectivity index (χ4v) is 2.97. The van der Waals surface area contributed by atoms with Crippen LogP contribution in [0.15, 0.2) is 35.1 Å². The molecule has 2 rings (SSSR count). The second-order valence-electron chi connectivity index (χ2n) is 4.30. The van der Waals surface area contributed by atoms with E-state index in [1.54, 1.807) is 18.2 Å². The maximum atomic E-state index is 11.7. The first kappa shape index (κ1) is 15.1. The second kappa shape index (κ2) is 5.97. The number of rotatable bonds is 5. The van der Waals surface area contributed by atoms with E-state index in [0.717, 1.165) is 26.9 Å². The van der Waals surface area contributed by atoms with Crippen LogP contribution in [0.2, 0.25) is 0 Å². The molecular weight excluding hydrogens is 344 g/mol. The summed E-state index contributed by atoms with van der Waals surface area (Å²) in [5.74, 6) is 1.11. The van der Waals surface area contributed by atoms with Crippen LogP contribution in [0.5, 0.6) is 5.75 Å². The van der Waals surface area contributed by atoms with E-state index in [4.69, 9.17) is 4.74 Å². The average Bonchev–Trinajstić information content (AvgIpc) is 2.86. The Morgan fingerprint density at radius 1 is 1.40 bits per heavy atom. The summed E-state index contributed by atoms with van der Waals surface area (Å²) in [6, 6.07) is 5.39. The highest BCUT2D eigenvalue weighted by Crippen LogP contribution is 2.30. The minimum absolute atomic E-state index is 0.384. The molecule has 0 radical (unpaired) electrons. The first-order valence-electron chi connectivity index (χ1n) is 6.10. The van der Waals surface area contributed by atoms with Crippen molar-refractivity contribution >= 4 is 26.0 Å². The Morgan fingerprint density at radius 2 is 2.15 bits per heavy atom. The lowest BCUT2D eigenvalue weighted by atomic mass is 10.2. The number of nitrogens with zero attached hydrogens (tertiary/aromatic N) is 2. The third-order valence-corrected chi connectivity index (χ3v) is 4.25. The van der Waals surface area contributed by atoms with Gasteiger partial charge in [0.25, 0.3) is 0 Å². The molecule has 0 N–H and O–H groups in total. The number of ether oxygens (including phenoxy) is 1. The van der Waals surface area contributed by atoms with E-state index in [1.165, 1.54) is 12.4 Å². The molecule has 0 spiro atoms. The topological polar surface area (TPSA) is 61.2 Å². The van der Waals surface area contributed by atoms with Gasteiger partial charge in [-0.25, -0.2) is 17.4 Å². The van der Waals surface area contributed by atoms with Crippen LogP contribution in [0.3, 0.4) is 0 Å². The lowest BCUT2D eigenvalue weighted by Crippen LogP contribution is -2.10. The van der Waals surface area contributed by atoms with Crippen molar-refractivity contribution in [2.24, 2.45) is 0 Å².